The fourth-order valence-corrected chi connectivity index (χ4v) is 4.92. The summed E-state index contributed by atoms with van der Waals surface area (Å²) in [7, 11) is 0. The average molecular weight is 352 g/mol. The van der Waals surface area contributed by atoms with Crippen LogP contribution in [0.4, 0.5) is 0 Å². The lowest BCUT2D eigenvalue weighted by Crippen LogP contribution is -2.69. The third-order valence-corrected chi connectivity index (χ3v) is 6.40. The van der Waals surface area contributed by atoms with Crippen molar-refractivity contribution in [1.29, 1.82) is 0 Å². The van der Waals surface area contributed by atoms with Crippen LogP contribution in [0.2, 0.25) is 0 Å². The molecular weight excluding hydrogens is 330 g/mol. The van der Waals surface area contributed by atoms with Crippen LogP contribution in [0.3, 0.4) is 0 Å². The maximum Gasteiger partial charge on any atom is 0.280 e. The van der Waals surface area contributed by atoms with Crippen molar-refractivity contribution >= 4 is 39.9 Å². The molecule has 0 spiro atoms. The van der Waals surface area contributed by atoms with Crippen LogP contribution in [-0.4, -0.2) is 40.5 Å². The molecule has 0 radical (unpaired) electrons. The van der Waals surface area contributed by atoms with Gasteiger partial charge in [0.05, 0.1) is 10.2 Å². The molecule has 124 valence electrons. The van der Waals surface area contributed by atoms with Crippen molar-refractivity contribution in [3.63, 3.8) is 0 Å². The van der Waals surface area contributed by atoms with Gasteiger partial charge in [0, 0.05) is 11.6 Å². The van der Waals surface area contributed by atoms with Gasteiger partial charge in [0.25, 0.3) is 5.91 Å². The third-order valence-electron chi connectivity index (χ3n) is 5.36. The van der Waals surface area contributed by atoms with Gasteiger partial charge < -0.3 is 5.32 Å². The van der Waals surface area contributed by atoms with E-state index in [-0.39, 0.29) is 29.9 Å². The first-order valence-corrected chi connectivity index (χ1v) is 8.79. The van der Waals surface area contributed by atoms with Crippen LogP contribution in [0.15, 0.2) is 24.3 Å². The molecule has 3 aliphatic heterocycles. The maximum atomic E-state index is 12.7. The Balaban J connectivity index is 0.00000156. The van der Waals surface area contributed by atoms with Crippen molar-refractivity contribution in [3.05, 3.63) is 29.3 Å². The third kappa shape index (κ3) is 2.75. The molecule has 0 aliphatic carbocycles. The number of halogens is 1. The molecule has 3 saturated heterocycles. The zero-order valence-corrected chi connectivity index (χ0v) is 15.0. The molecule has 1 aromatic carbocycles. The summed E-state index contributed by atoms with van der Waals surface area (Å²) in [6.07, 6.45) is 2.38. The number of amides is 1. The molecule has 1 atom stereocenters. The van der Waals surface area contributed by atoms with Gasteiger partial charge >= 0.3 is 0 Å². The summed E-state index contributed by atoms with van der Waals surface area (Å²) in [5, 5.41) is 3.86. The zero-order chi connectivity index (χ0) is 15.3. The minimum atomic E-state index is -0.0203. The Bertz CT molecular complexity index is 688. The molecule has 3 aliphatic rings. The second-order valence-corrected chi connectivity index (χ2v) is 7.95. The number of hydrogen-bond donors (Lipinski definition) is 1. The van der Waals surface area contributed by atoms with Crippen LogP contribution in [-0.2, 0) is 0 Å². The minimum Gasteiger partial charge on any atom is -0.345 e. The number of hydrogen-bond acceptors (Lipinski definition) is 4. The Morgan fingerprint density at radius 3 is 2.65 bits per heavy atom. The molecule has 4 heterocycles. The predicted molar refractivity (Wildman–Crippen MR) is 96.5 cm³/mol. The Labute approximate surface area is 146 Å². The number of rotatable bonds is 2. The van der Waals surface area contributed by atoms with Crippen LogP contribution in [0, 0.1) is 5.92 Å². The Morgan fingerprint density at radius 2 is 2.00 bits per heavy atom. The minimum absolute atomic E-state index is 0. The van der Waals surface area contributed by atoms with Gasteiger partial charge in [-0.15, -0.1) is 23.7 Å². The highest BCUT2D eigenvalue weighted by Gasteiger charge is 2.48. The number of piperidine rings is 3. The summed E-state index contributed by atoms with van der Waals surface area (Å²) in [6, 6.07) is 8.14. The molecule has 1 amide bonds. The van der Waals surface area contributed by atoms with Crippen LogP contribution in [0.1, 0.15) is 36.5 Å². The van der Waals surface area contributed by atoms with Gasteiger partial charge in [-0.3, -0.25) is 9.69 Å². The first-order chi connectivity index (χ1) is 10.6. The Kier molecular flexibility index (Phi) is 4.38. The molecular formula is C17H22ClN3OS. The lowest BCUT2D eigenvalue weighted by molar-refractivity contribution is -0.0378. The normalized spacial score (nSPS) is 28.3. The molecule has 3 fully saturated rings. The number of benzene rings is 1. The van der Waals surface area contributed by atoms with Gasteiger partial charge in [0.2, 0.25) is 0 Å². The predicted octanol–water partition coefficient (Wildman–Crippen LogP) is 3.32. The van der Waals surface area contributed by atoms with E-state index in [1.54, 1.807) is 0 Å². The highest BCUT2D eigenvalue weighted by Crippen LogP contribution is 2.39. The topological polar surface area (TPSA) is 45.2 Å². The molecule has 23 heavy (non-hydrogen) atoms. The monoisotopic (exact) mass is 351 g/mol. The quantitative estimate of drug-likeness (QED) is 0.902. The fourth-order valence-electron chi connectivity index (χ4n) is 4.05. The van der Waals surface area contributed by atoms with Crippen molar-refractivity contribution in [2.24, 2.45) is 5.92 Å². The Morgan fingerprint density at radius 1 is 1.30 bits per heavy atom. The molecule has 1 aromatic heterocycles. The van der Waals surface area contributed by atoms with E-state index < -0.39 is 0 Å². The van der Waals surface area contributed by atoms with Crippen LogP contribution in [0.5, 0.6) is 0 Å². The van der Waals surface area contributed by atoms with E-state index in [0.717, 1.165) is 23.3 Å². The first kappa shape index (κ1) is 16.7. The number of nitrogens with zero attached hydrogens (tertiary/aromatic N) is 2. The zero-order valence-electron chi connectivity index (χ0n) is 13.4. The molecule has 1 N–H and O–H groups in total. The van der Waals surface area contributed by atoms with E-state index in [9.17, 15) is 4.79 Å². The van der Waals surface area contributed by atoms with E-state index in [1.807, 2.05) is 24.3 Å². The maximum absolute atomic E-state index is 12.7. The molecule has 2 bridgehead atoms. The smallest absolute Gasteiger partial charge is 0.280 e. The van der Waals surface area contributed by atoms with Gasteiger partial charge in [0.15, 0.2) is 5.01 Å². The highest BCUT2D eigenvalue weighted by atomic mass is 35.5. The van der Waals surface area contributed by atoms with Crippen LogP contribution in [0.25, 0.3) is 10.2 Å². The number of thiazole rings is 1. The van der Waals surface area contributed by atoms with Gasteiger partial charge in [0.1, 0.15) is 0 Å². The van der Waals surface area contributed by atoms with E-state index >= 15 is 0 Å². The lowest BCUT2D eigenvalue weighted by atomic mass is 9.72. The van der Waals surface area contributed by atoms with Crippen LogP contribution >= 0.6 is 23.7 Å². The van der Waals surface area contributed by atoms with Gasteiger partial charge in [-0.2, -0.15) is 0 Å². The molecule has 4 nitrogen and oxygen atoms in total. The van der Waals surface area contributed by atoms with Crippen molar-refractivity contribution in [2.45, 2.75) is 38.3 Å². The summed E-state index contributed by atoms with van der Waals surface area (Å²) in [4.78, 5) is 19.7. The summed E-state index contributed by atoms with van der Waals surface area (Å²) < 4.78 is 1.07. The van der Waals surface area contributed by atoms with Crippen molar-refractivity contribution in [3.8, 4) is 0 Å². The van der Waals surface area contributed by atoms with Gasteiger partial charge in [-0.25, -0.2) is 4.98 Å². The van der Waals surface area contributed by atoms with Crippen molar-refractivity contribution in [2.75, 3.05) is 13.1 Å². The number of carbonyl (C=O) groups is 1. The van der Waals surface area contributed by atoms with E-state index in [4.69, 9.17) is 0 Å². The highest BCUT2D eigenvalue weighted by molar-refractivity contribution is 7.20. The van der Waals surface area contributed by atoms with Crippen LogP contribution < -0.4 is 5.32 Å². The average Bonchev–Trinajstić information content (AvgIpc) is 2.95. The fraction of sp³-hybridized carbons (Fsp3) is 0.529. The van der Waals surface area contributed by atoms with E-state index in [1.165, 1.54) is 24.2 Å². The molecule has 5 rings (SSSR count). The summed E-state index contributed by atoms with van der Waals surface area (Å²) in [5.41, 5.74) is 0.943. The van der Waals surface area contributed by atoms with E-state index in [2.05, 4.69) is 29.0 Å². The molecule has 0 saturated carbocycles. The summed E-state index contributed by atoms with van der Waals surface area (Å²) in [6.45, 7) is 6.82. The molecule has 6 heteroatoms. The summed E-state index contributed by atoms with van der Waals surface area (Å²) in [5.74, 6) is 0.575. The van der Waals surface area contributed by atoms with E-state index in [0.29, 0.717) is 10.9 Å². The second kappa shape index (κ2) is 6.04. The molecule has 2 aromatic rings. The summed E-state index contributed by atoms with van der Waals surface area (Å²) >= 11 is 1.48. The second-order valence-electron chi connectivity index (χ2n) is 6.92. The Hall–Kier alpha value is -1.17. The van der Waals surface area contributed by atoms with Gasteiger partial charge in [-0.1, -0.05) is 12.1 Å². The number of fused-ring (bicyclic) bond motifs is 4. The number of nitrogens with one attached hydrogen (secondary N) is 1. The van der Waals surface area contributed by atoms with Crippen molar-refractivity contribution < 1.29 is 4.79 Å². The first-order valence-electron chi connectivity index (χ1n) is 7.97. The van der Waals surface area contributed by atoms with Gasteiger partial charge in [-0.05, 0) is 57.8 Å². The largest absolute Gasteiger partial charge is 0.345 e. The standard InChI is InChI=1S/C17H21N3OS.ClH/c1-17(2)14(11-7-9-20(17)10-8-11)19-15(21)16-18-12-5-3-4-6-13(12)22-16;/h3-6,11,14H,7-10H2,1-2H3,(H,19,21);1H/t14-;/m1./s1. The molecule has 0 unspecified atom stereocenters. The SMILES string of the molecule is CC1(C)[C@H](NC(=O)c2nc3ccccc3s2)C2CCN1CC2.Cl. The number of para-hydroxylation sites is 1. The number of carbonyl (C=O) groups excluding carboxylic acids is 1. The lowest BCUT2D eigenvalue weighted by Gasteiger charge is -2.56. The van der Waals surface area contributed by atoms with Crippen molar-refractivity contribution in [1.82, 2.24) is 15.2 Å². The number of aromatic nitrogens is 1.